The van der Waals surface area contributed by atoms with Gasteiger partial charge in [0.25, 0.3) is 5.69 Å². The third-order valence-corrected chi connectivity index (χ3v) is 5.00. The van der Waals surface area contributed by atoms with Crippen molar-refractivity contribution < 1.29 is 9.72 Å². The van der Waals surface area contributed by atoms with Gasteiger partial charge in [-0.25, -0.2) is 0 Å². The van der Waals surface area contributed by atoms with E-state index in [1.165, 1.54) is 6.07 Å². The first-order chi connectivity index (χ1) is 12.8. The van der Waals surface area contributed by atoms with Gasteiger partial charge in [0.15, 0.2) is 0 Å². The van der Waals surface area contributed by atoms with Crippen molar-refractivity contribution in [3.63, 3.8) is 0 Å². The fraction of sp³-hybridized carbons (Fsp3) is 0.471. The summed E-state index contributed by atoms with van der Waals surface area (Å²) in [7, 11) is 0. The van der Waals surface area contributed by atoms with Crippen molar-refractivity contribution in [2.24, 2.45) is 0 Å². The zero-order chi connectivity index (χ0) is 19.7. The zero-order valence-electron chi connectivity index (χ0n) is 15.2. The minimum atomic E-state index is -0.873. The number of likely N-dealkylation sites (N-methyl/N-ethyl adjacent to an activating group) is 1. The summed E-state index contributed by atoms with van der Waals surface area (Å²) < 4.78 is 0. The van der Waals surface area contributed by atoms with Gasteiger partial charge in [0.1, 0.15) is 0 Å². The van der Waals surface area contributed by atoms with Crippen molar-refractivity contribution in [2.45, 2.75) is 26.8 Å². The number of nitrogens with one attached hydrogen (secondary N) is 2. The largest absolute Gasteiger partial charge is 0.337 e. The molecule has 2 aromatic rings. The van der Waals surface area contributed by atoms with E-state index in [0.717, 1.165) is 13.1 Å². The number of carbonyl (C=O) groups excluding carboxylic acids is 1. The number of aromatic amines is 2. The third-order valence-electron chi connectivity index (χ3n) is 5.00. The van der Waals surface area contributed by atoms with E-state index in [4.69, 9.17) is 0 Å². The molecule has 1 aromatic heterocycles. The third kappa shape index (κ3) is 3.47. The van der Waals surface area contributed by atoms with Crippen molar-refractivity contribution in [2.75, 3.05) is 26.2 Å². The van der Waals surface area contributed by atoms with E-state index in [0.29, 0.717) is 29.6 Å². The maximum Gasteiger partial charge on any atom is 0.314 e. The Kier molecular flexibility index (Phi) is 5.08. The van der Waals surface area contributed by atoms with Crippen molar-refractivity contribution >= 4 is 22.6 Å². The second-order valence-electron chi connectivity index (χ2n) is 6.47. The van der Waals surface area contributed by atoms with E-state index >= 15 is 0 Å². The molecule has 0 saturated heterocycles. The summed E-state index contributed by atoms with van der Waals surface area (Å²) in [6, 6.07) is 1.26. The van der Waals surface area contributed by atoms with Crippen LogP contribution >= 0.6 is 0 Å². The zero-order valence-corrected chi connectivity index (χ0v) is 15.2. The Morgan fingerprint density at radius 1 is 1.22 bits per heavy atom. The minimum Gasteiger partial charge on any atom is -0.337 e. The Morgan fingerprint density at radius 3 is 2.52 bits per heavy atom. The Morgan fingerprint density at radius 2 is 1.89 bits per heavy atom. The summed E-state index contributed by atoms with van der Waals surface area (Å²) in [5.41, 5.74) is -0.305. The summed E-state index contributed by atoms with van der Waals surface area (Å²) in [5, 5.41) is 11.5. The first-order valence-corrected chi connectivity index (χ1v) is 8.81. The van der Waals surface area contributed by atoms with Gasteiger partial charge < -0.3 is 14.9 Å². The highest BCUT2D eigenvalue weighted by Gasteiger charge is 2.29. The Hall–Kier alpha value is -3.01. The predicted octanol–water partition coefficient (Wildman–Crippen LogP) is 0.351. The standard InChI is InChI=1S/C17H21N5O5/c1-3-20(4-2)9-14(23)21-6-5-10-11(8-21)15-12(7-13(10)22(26)27)18-16(24)17(25)19-15/h7H,3-6,8-9H2,1-2H3,(H,18,24)(H,19,25). The van der Waals surface area contributed by atoms with Gasteiger partial charge in [0.05, 0.1) is 22.5 Å². The van der Waals surface area contributed by atoms with Crippen LogP contribution in [0.4, 0.5) is 5.69 Å². The number of nitro groups is 1. The monoisotopic (exact) mass is 375 g/mol. The van der Waals surface area contributed by atoms with E-state index in [1.54, 1.807) is 4.90 Å². The van der Waals surface area contributed by atoms with Gasteiger partial charge in [0, 0.05) is 30.3 Å². The maximum atomic E-state index is 12.6. The molecule has 0 fully saturated rings. The Balaban J connectivity index is 2.07. The molecule has 27 heavy (non-hydrogen) atoms. The van der Waals surface area contributed by atoms with Crippen LogP contribution in [0, 0.1) is 10.1 Å². The van der Waals surface area contributed by atoms with Crippen LogP contribution in [0.3, 0.4) is 0 Å². The highest BCUT2D eigenvalue weighted by Crippen LogP contribution is 2.32. The number of benzene rings is 1. The van der Waals surface area contributed by atoms with Crippen LogP contribution in [0.1, 0.15) is 25.0 Å². The molecule has 0 unspecified atom stereocenters. The van der Waals surface area contributed by atoms with Crippen molar-refractivity contribution in [3.8, 4) is 0 Å². The average Bonchev–Trinajstić information content (AvgIpc) is 2.65. The molecule has 0 bridgehead atoms. The first kappa shape index (κ1) is 18.8. The smallest absolute Gasteiger partial charge is 0.314 e. The number of carbonyl (C=O) groups is 1. The molecular weight excluding hydrogens is 354 g/mol. The molecule has 0 saturated carbocycles. The van der Waals surface area contributed by atoms with Gasteiger partial charge in [-0.15, -0.1) is 0 Å². The van der Waals surface area contributed by atoms with Gasteiger partial charge in [-0.1, -0.05) is 13.8 Å². The second kappa shape index (κ2) is 7.31. The Bertz CT molecular complexity index is 1020. The van der Waals surface area contributed by atoms with Gasteiger partial charge in [-0.2, -0.15) is 0 Å². The molecule has 0 aliphatic carbocycles. The molecular formula is C17H21N5O5. The molecule has 1 aromatic carbocycles. The minimum absolute atomic E-state index is 0.0734. The number of amides is 1. The van der Waals surface area contributed by atoms with Crippen LogP contribution < -0.4 is 11.1 Å². The van der Waals surface area contributed by atoms with Crippen molar-refractivity contribution in [3.05, 3.63) is 48.0 Å². The highest BCUT2D eigenvalue weighted by molar-refractivity contribution is 5.85. The van der Waals surface area contributed by atoms with Crippen molar-refractivity contribution in [1.82, 2.24) is 19.8 Å². The van der Waals surface area contributed by atoms with Crippen LogP contribution in [-0.4, -0.2) is 56.8 Å². The molecule has 1 amide bonds. The lowest BCUT2D eigenvalue weighted by Gasteiger charge is -2.31. The number of nitrogens with zero attached hydrogens (tertiary/aromatic N) is 3. The fourth-order valence-corrected chi connectivity index (χ4v) is 3.44. The van der Waals surface area contributed by atoms with E-state index in [-0.39, 0.29) is 30.2 Å². The molecule has 3 rings (SSSR count). The number of H-pyrrole nitrogens is 2. The van der Waals surface area contributed by atoms with Crippen LogP contribution in [0.15, 0.2) is 15.7 Å². The molecule has 144 valence electrons. The number of nitro benzene ring substituents is 1. The summed E-state index contributed by atoms with van der Waals surface area (Å²) in [6.07, 6.45) is 0.312. The van der Waals surface area contributed by atoms with E-state index in [1.807, 2.05) is 18.7 Å². The Labute approximate surface area is 153 Å². The number of rotatable bonds is 5. The second-order valence-corrected chi connectivity index (χ2v) is 6.47. The molecule has 1 aliphatic rings. The summed E-state index contributed by atoms with van der Waals surface area (Å²) in [6.45, 7) is 6.22. The SMILES string of the molecule is CCN(CC)CC(=O)N1CCc2c([N+](=O)[O-])cc3[nH]c(=O)c(=O)[nH]c3c2C1. The molecule has 0 spiro atoms. The van der Waals surface area contributed by atoms with Crippen LogP contribution in [0.5, 0.6) is 0 Å². The lowest BCUT2D eigenvalue weighted by molar-refractivity contribution is -0.385. The van der Waals surface area contributed by atoms with E-state index in [2.05, 4.69) is 9.97 Å². The number of aromatic nitrogens is 2. The van der Waals surface area contributed by atoms with Gasteiger partial charge in [-0.05, 0) is 19.5 Å². The van der Waals surface area contributed by atoms with Crippen LogP contribution in [0.25, 0.3) is 11.0 Å². The van der Waals surface area contributed by atoms with E-state index < -0.39 is 16.0 Å². The van der Waals surface area contributed by atoms with E-state index in [9.17, 15) is 24.5 Å². The summed E-state index contributed by atoms with van der Waals surface area (Å²) >= 11 is 0. The fourth-order valence-electron chi connectivity index (χ4n) is 3.44. The molecule has 2 N–H and O–H groups in total. The number of fused-ring (bicyclic) bond motifs is 3. The predicted molar refractivity (Wildman–Crippen MR) is 98.8 cm³/mol. The molecule has 0 radical (unpaired) electrons. The summed E-state index contributed by atoms with van der Waals surface area (Å²) in [5.74, 6) is -0.0734. The lowest BCUT2D eigenvalue weighted by Crippen LogP contribution is -2.43. The lowest BCUT2D eigenvalue weighted by atomic mass is 9.96. The van der Waals surface area contributed by atoms with Gasteiger partial charge in [0.2, 0.25) is 5.91 Å². The maximum absolute atomic E-state index is 12.6. The molecule has 10 heteroatoms. The normalized spacial score (nSPS) is 13.8. The highest BCUT2D eigenvalue weighted by atomic mass is 16.6. The first-order valence-electron chi connectivity index (χ1n) is 8.81. The van der Waals surface area contributed by atoms with Crippen LogP contribution in [0.2, 0.25) is 0 Å². The molecule has 1 aliphatic heterocycles. The average molecular weight is 375 g/mol. The van der Waals surface area contributed by atoms with Gasteiger partial charge >= 0.3 is 11.1 Å². The van der Waals surface area contributed by atoms with Crippen molar-refractivity contribution in [1.29, 1.82) is 0 Å². The molecule has 2 heterocycles. The van der Waals surface area contributed by atoms with Crippen LogP contribution in [-0.2, 0) is 17.8 Å². The molecule has 0 atom stereocenters. The topological polar surface area (TPSA) is 132 Å². The quantitative estimate of drug-likeness (QED) is 0.440. The number of hydrogen-bond acceptors (Lipinski definition) is 6. The molecule has 10 nitrogen and oxygen atoms in total. The number of hydrogen-bond donors (Lipinski definition) is 2. The summed E-state index contributed by atoms with van der Waals surface area (Å²) in [4.78, 5) is 55.5. The van der Waals surface area contributed by atoms with Gasteiger partial charge in [-0.3, -0.25) is 29.4 Å².